The van der Waals surface area contributed by atoms with Crippen LogP contribution in [0.25, 0.3) is 0 Å². The Hall–Kier alpha value is -1.56. The lowest BCUT2D eigenvalue weighted by Gasteiger charge is -2.10. The van der Waals surface area contributed by atoms with Crippen LogP contribution in [0, 0.1) is 0 Å². The Labute approximate surface area is 108 Å². The van der Waals surface area contributed by atoms with Crippen molar-refractivity contribution in [1.29, 1.82) is 0 Å². The quantitative estimate of drug-likeness (QED) is 0.641. The van der Waals surface area contributed by atoms with Gasteiger partial charge < -0.3 is 19.9 Å². The van der Waals surface area contributed by atoms with Gasteiger partial charge in [-0.2, -0.15) is 0 Å². The summed E-state index contributed by atoms with van der Waals surface area (Å²) < 4.78 is 7.34. The van der Waals surface area contributed by atoms with Gasteiger partial charge in [0.25, 0.3) is 0 Å². The van der Waals surface area contributed by atoms with Crippen molar-refractivity contribution in [2.24, 2.45) is 0 Å². The highest BCUT2D eigenvalue weighted by atomic mass is 16.5. The van der Waals surface area contributed by atoms with Crippen molar-refractivity contribution >= 4 is 11.9 Å². The summed E-state index contributed by atoms with van der Waals surface area (Å²) in [4.78, 5) is 14.9. The molecule has 0 bridgehead atoms. The summed E-state index contributed by atoms with van der Waals surface area (Å²) in [7, 11) is 0. The third-order valence-electron chi connectivity index (χ3n) is 2.39. The highest BCUT2D eigenvalue weighted by Crippen LogP contribution is 2.04. The maximum atomic E-state index is 10.7. The Balaban J connectivity index is 2.24. The molecule has 1 aromatic heterocycles. The minimum Gasteiger partial charge on any atom is -0.382 e. The van der Waals surface area contributed by atoms with Gasteiger partial charge in [0.05, 0.1) is 0 Å². The molecule has 0 atom stereocenters. The van der Waals surface area contributed by atoms with E-state index in [1.807, 2.05) is 17.7 Å². The van der Waals surface area contributed by atoms with Crippen molar-refractivity contribution < 1.29 is 9.53 Å². The SMILES string of the molecule is CCOCCCn1ccnc1NCCNC(C)=O. The summed E-state index contributed by atoms with van der Waals surface area (Å²) in [6.07, 6.45) is 4.67. The lowest BCUT2D eigenvalue weighted by atomic mass is 10.4. The summed E-state index contributed by atoms with van der Waals surface area (Å²) in [6, 6.07) is 0. The van der Waals surface area contributed by atoms with Gasteiger partial charge in [-0.1, -0.05) is 0 Å². The van der Waals surface area contributed by atoms with Crippen molar-refractivity contribution in [3.8, 4) is 0 Å². The normalized spacial score (nSPS) is 10.3. The summed E-state index contributed by atoms with van der Waals surface area (Å²) >= 11 is 0. The summed E-state index contributed by atoms with van der Waals surface area (Å²) in [5.41, 5.74) is 0. The number of rotatable bonds is 9. The van der Waals surface area contributed by atoms with Crippen LogP contribution in [-0.4, -0.2) is 41.8 Å². The summed E-state index contributed by atoms with van der Waals surface area (Å²) in [5, 5.41) is 5.91. The molecule has 0 spiro atoms. The van der Waals surface area contributed by atoms with E-state index in [0.29, 0.717) is 13.1 Å². The topological polar surface area (TPSA) is 68.2 Å². The molecule has 0 aliphatic carbocycles. The number of anilines is 1. The molecule has 6 heteroatoms. The highest BCUT2D eigenvalue weighted by Gasteiger charge is 2.01. The van der Waals surface area contributed by atoms with E-state index in [9.17, 15) is 4.79 Å². The molecule has 102 valence electrons. The number of amides is 1. The predicted molar refractivity (Wildman–Crippen MR) is 70.5 cm³/mol. The van der Waals surface area contributed by atoms with Crippen LogP contribution in [0.1, 0.15) is 20.3 Å². The molecule has 1 amide bonds. The van der Waals surface area contributed by atoms with Gasteiger partial charge in [-0.05, 0) is 13.3 Å². The minimum absolute atomic E-state index is 0.0168. The summed E-state index contributed by atoms with van der Waals surface area (Å²) in [6.45, 7) is 7.17. The number of nitrogens with one attached hydrogen (secondary N) is 2. The molecule has 0 radical (unpaired) electrons. The maximum absolute atomic E-state index is 10.7. The van der Waals surface area contributed by atoms with Crippen molar-refractivity contribution in [2.75, 3.05) is 31.6 Å². The van der Waals surface area contributed by atoms with Crippen LogP contribution in [0.15, 0.2) is 12.4 Å². The molecule has 1 rings (SSSR count). The molecule has 0 unspecified atom stereocenters. The van der Waals surface area contributed by atoms with Gasteiger partial charge in [0.15, 0.2) is 0 Å². The zero-order valence-corrected chi connectivity index (χ0v) is 11.1. The molecule has 0 saturated heterocycles. The Morgan fingerprint density at radius 2 is 2.33 bits per heavy atom. The number of carbonyl (C=O) groups excluding carboxylic acids is 1. The van der Waals surface area contributed by atoms with Crippen LogP contribution in [0.2, 0.25) is 0 Å². The first-order valence-electron chi connectivity index (χ1n) is 6.31. The Morgan fingerprint density at radius 3 is 3.06 bits per heavy atom. The largest absolute Gasteiger partial charge is 0.382 e. The maximum Gasteiger partial charge on any atom is 0.216 e. The van der Waals surface area contributed by atoms with Crippen LogP contribution in [0.5, 0.6) is 0 Å². The molecule has 6 nitrogen and oxygen atoms in total. The monoisotopic (exact) mass is 254 g/mol. The van der Waals surface area contributed by atoms with Crippen LogP contribution >= 0.6 is 0 Å². The smallest absolute Gasteiger partial charge is 0.216 e. The number of carbonyl (C=O) groups is 1. The van der Waals surface area contributed by atoms with Gasteiger partial charge >= 0.3 is 0 Å². The third-order valence-corrected chi connectivity index (χ3v) is 2.39. The van der Waals surface area contributed by atoms with E-state index in [4.69, 9.17) is 4.74 Å². The standard InChI is InChI=1S/C12H22N4O2/c1-3-18-10-4-8-16-9-7-15-12(16)14-6-5-13-11(2)17/h7,9H,3-6,8,10H2,1-2H3,(H,13,17)(H,14,15). The van der Waals surface area contributed by atoms with Crippen LogP contribution in [0.3, 0.4) is 0 Å². The fraction of sp³-hybridized carbons (Fsp3) is 0.667. The first-order valence-corrected chi connectivity index (χ1v) is 6.31. The number of ether oxygens (including phenoxy) is 1. The van der Waals surface area contributed by atoms with E-state index in [-0.39, 0.29) is 5.91 Å². The number of aryl methyl sites for hydroxylation is 1. The van der Waals surface area contributed by atoms with Crippen molar-refractivity contribution in [1.82, 2.24) is 14.9 Å². The second-order valence-electron chi connectivity index (χ2n) is 3.90. The molecule has 1 heterocycles. The molecule has 0 fully saturated rings. The van der Waals surface area contributed by atoms with Crippen molar-refractivity contribution in [2.45, 2.75) is 26.8 Å². The minimum atomic E-state index is -0.0168. The fourth-order valence-electron chi connectivity index (χ4n) is 1.55. The Kier molecular flexibility index (Phi) is 6.86. The zero-order chi connectivity index (χ0) is 13.2. The molecule has 0 aliphatic heterocycles. The molecule has 1 aromatic rings. The predicted octanol–water partition coefficient (Wildman–Crippen LogP) is 0.858. The van der Waals surface area contributed by atoms with Gasteiger partial charge in [0.2, 0.25) is 11.9 Å². The van der Waals surface area contributed by atoms with Crippen molar-refractivity contribution in [3.05, 3.63) is 12.4 Å². The molecule has 0 aliphatic rings. The van der Waals surface area contributed by atoms with E-state index in [2.05, 4.69) is 15.6 Å². The average Bonchev–Trinajstić information content (AvgIpc) is 2.78. The number of hydrogen-bond acceptors (Lipinski definition) is 4. The van der Waals surface area contributed by atoms with Gasteiger partial charge in [-0.15, -0.1) is 0 Å². The van der Waals surface area contributed by atoms with E-state index in [1.54, 1.807) is 6.20 Å². The molecule has 2 N–H and O–H groups in total. The lowest BCUT2D eigenvalue weighted by Crippen LogP contribution is -2.27. The lowest BCUT2D eigenvalue weighted by molar-refractivity contribution is -0.118. The first kappa shape index (κ1) is 14.5. The van der Waals surface area contributed by atoms with Crippen molar-refractivity contribution in [3.63, 3.8) is 0 Å². The summed E-state index contributed by atoms with van der Waals surface area (Å²) in [5.74, 6) is 0.814. The second kappa shape index (κ2) is 8.52. The number of nitrogens with zero attached hydrogens (tertiary/aromatic N) is 2. The van der Waals surface area contributed by atoms with Crippen LogP contribution < -0.4 is 10.6 Å². The van der Waals surface area contributed by atoms with E-state index in [1.165, 1.54) is 6.92 Å². The molecular weight excluding hydrogens is 232 g/mol. The third kappa shape index (κ3) is 5.67. The molecule has 0 saturated carbocycles. The van der Waals surface area contributed by atoms with E-state index in [0.717, 1.165) is 32.1 Å². The molecular formula is C12H22N4O2. The van der Waals surface area contributed by atoms with Crippen LogP contribution in [-0.2, 0) is 16.1 Å². The number of hydrogen-bond donors (Lipinski definition) is 2. The van der Waals surface area contributed by atoms with Gasteiger partial charge in [-0.25, -0.2) is 4.98 Å². The van der Waals surface area contributed by atoms with E-state index < -0.39 is 0 Å². The van der Waals surface area contributed by atoms with Gasteiger partial charge in [0, 0.05) is 52.2 Å². The Bertz CT molecular complexity index is 352. The fourth-order valence-corrected chi connectivity index (χ4v) is 1.55. The average molecular weight is 254 g/mol. The van der Waals surface area contributed by atoms with Gasteiger partial charge in [-0.3, -0.25) is 4.79 Å². The van der Waals surface area contributed by atoms with E-state index >= 15 is 0 Å². The molecule has 0 aromatic carbocycles. The zero-order valence-electron chi connectivity index (χ0n) is 11.1. The Morgan fingerprint density at radius 1 is 1.50 bits per heavy atom. The number of aromatic nitrogens is 2. The first-order chi connectivity index (χ1) is 8.74. The second-order valence-corrected chi connectivity index (χ2v) is 3.90. The van der Waals surface area contributed by atoms with Crippen LogP contribution in [0.4, 0.5) is 5.95 Å². The van der Waals surface area contributed by atoms with Gasteiger partial charge in [0.1, 0.15) is 0 Å². The highest BCUT2D eigenvalue weighted by molar-refractivity contribution is 5.72. The molecule has 18 heavy (non-hydrogen) atoms. The number of imidazole rings is 1.